The fourth-order valence-electron chi connectivity index (χ4n) is 2.15. The van der Waals surface area contributed by atoms with Gasteiger partial charge in [0.1, 0.15) is 5.15 Å². The number of benzene rings is 1. The highest BCUT2D eigenvalue weighted by Gasteiger charge is 2.10. The molecule has 0 radical (unpaired) electrons. The van der Waals surface area contributed by atoms with Crippen molar-refractivity contribution >= 4 is 35.2 Å². The fraction of sp³-hybridized carbons (Fsp3) is 0.235. The van der Waals surface area contributed by atoms with Gasteiger partial charge in [0.2, 0.25) is 0 Å². The Kier molecular flexibility index (Phi) is 5.82. The minimum atomic E-state index is -0.476. The molecule has 0 aliphatic heterocycles. The Hall–Kier alpha value is -2.80. The Balaban J connectivity index is 1.96. The first-order valence-corrected chi connectivity index (χ1v) is 7.92. The van der Waals surface area contributed by atoms with Crippen LogP contribution >= 0.6 is 11.6 Å². The number of aryl methyl sites for hydroxylation is 2. The van der Waals surface area contributed by atoms with Gasteiger partial charge in [-0.3, -0.25) is 25.1 Å². The molecule has 0 unspecified atom stereocenters. The highest BCUT2D eigenvalue weighted by Crippen LogP contribution is 2.19. The van der Waals surface area contributed by atoms with Crippen molar-refractivity contribution in [2.75, 3.05) is 19.0 Å². The minimum absolute atomic E-state index is 0.402. The van der Waals surface area contributed by atoms with E-state index in [1.54, 1.807) is 38.2 Å². The van der Waals surface area contributed by atoms with Crippen molar-refractivity contribution in [2.24, 2.45) is 7.05 Å². The second-order valence-corrected chi connectivity index (χ2v) is 5.99. The van der Waals surface area contributed by atoms with Crippen molar-refractivity contribution in [2.45, 2.75) is 6.92 Å². The first-order valence-electron chi connectivity index (χ1n) is 7.54. The molecule has 0 aliphatic carbocycles. The molecule has 0 aliphatic rings. The summed E-state index contributed by atoms with van der Waals surface area (Å²) in [5.74, 6) is -0.877. The molecule has 0 saturated heterocycles. The van der Waals surface area contributed by atoms with Crippen LogP contribution < -0.4 is 15.8 Å². The Bertz CT molecular complexity index is 826. The third-order valence-electron chi connectivity index (χ3n) is 3.52. The quantitative estimate of drug-likeness (QED) is 0.644. The van der Waals surface area contributed by atoms with Crippen molar-refractivity contribution in [3.05, 3.63) is 52.3 Å². The molecule has 1 aromatic heterocycles. The second-order valence-electron chi connectivity index (χ2n) is 5.63. The first-order chi connectivity index (χ1) is 11.8. The Morgan fingerprint density at radius 2 is 2.00 bits per heavy atom. The van der Waals surface area contributed by atoms with Crippen molar-refractivity contribution in [1.82, 2.24) is 20.6 Å². The zero-order valence-corrected chi connectivity index (χ0v) is 15.3. The summed E-state index contributed by atoms with van der Waals surface area (Å²) in [7, 11) is 5.49. The van der Waals surface area contributed by atoms with Gasteiger partial charge in [0.05, 0.1) is 5.69 Å². The van der Waals surface area contributed by atoms with Gasteiger partial charge in [0.15, 0.2) is 0 Å². The number of amides is 2. The highest BCUT2D eigenvalue weighted by molar-refractivity contribution is 6.31. The van der Waals surface area contributed by atoms with E-state index in [2.05, 4.69) is 16.0 Å². The predicted octanol–water partition coefficient (Wildman–Crippen LogP) is 1.92. The van der Waals surface area contributed by atoms with Crippen molar-refractivity contribution in [3.63, 3.8) is 0 Å². The summed E-state index contributed by atoms with van der Waals surface area (Å²) < 4.78 is 1.52. The summed E-state index contributed by atoms with van der Waals surface area (Å²) in [4.78, 5) is 25.9. The molecule has 0 saturated carbocycles. The number of anilines is 1. The van der Waals surface area contributed by atoms with E-state index in [1.807, 2.05) is 25.1 Å². The third-order valence-corrected chi connectivity index (χ3v) is 3.97. The summed E-state index contributed by atoms with van der Waals surface area (Å²) in [6, 6.07) is 7.07. The zero-order chi connectivity index (χ0) is 18.6. The van der Waals surface area contributed by atoms with Crippen molar-refractivity contribution in [3.8, 4) is 0 Å². The van der Waals surface area contributed by atoms with Gasteiger partial charge in [-0.1, -0.05) is 17.7 Å². The summed E-state index contributed by atoms with van der Waals surface area (Å²) >= 11 is 6.09. The van der Waals surface area contributed by atoms with Gasteiger partial charge in [0, 0.05) is 44.0 Å². The van der Waals surface area contributed by atoms with E-state index < -0.39 is 11.8 Å². The lowest BCUT2D eigenvalue weighted by atomic mass is 10.2. The number of rotatable bonds is 4. The molecular formula is C17H20ClN5O2. The van der Waals surface area contributed by atoms with Crippen LogP contribution in [0.5, 0.6) is 0 Å². The van der Waals surface area contributed by atoms with E-state index in [-0.39, 0.29) is 0 Å². The number of halogens is 1. The van der Waals surface area contributed by atoms with Gasteiger partial charge in [-0.2, -0.15) is 5.10 Å². The summed E-state index contributed by atoms with van der Waals surface area (Å²) in [6.07, 6.45) is 2.84. The maximum atomic E-state index is 12.1. The molecule has 2 N–H and O–H groups in total. The lowest BCUT2D eigenvalue weighted by Crippen LogP contribution is -2.40. The van der Waals surface area contributed by atoms with Crippen LogP contribution in [-0.4, -0.2) is 35.7 Å². The molecular weight excluding hydrogens is 342 g/mol. The number of carbonyl (C=O) groups excluding carboxylic acids is 2. The minimum Gasteiger partial charge on any atom is -0.378 e. The SMILES string of the molecule is Cc1nn(C)c(Cl)c1/C=C/C(=O)NNC(=O)c1cccc(N(C)C)c1. The molecule has 8 heteroatoms. The molecule has 2 amide bonds. The molecule has 0 spiro atoms. The van der Waals surface area contributed by atoms with Crippen LogP contribution in [0.3, 0.4) is 0 Å². The van der Waals surface area contributed by atoms with E-state index in [4.69, 9.17) is 11.6 Å². The summed E-state index contributed by atoms with van der Waals surface area (Å²) in [6.45, 7) is 1.79. The Morgan fingerprint density at radius 3 is 2.60 bits per heavy atom. The molecule has 0 fully saturated rings. The van der Waals surface area contributed by atoms with Crippen LogP contribution in [0.2, 0.25) is 5.15 Å². The molecule has 2 rings (SSSR count). The average molecular weight is 362 g/mol. The third kappa shape index (κ3) is 4.60. The van der Waals surface area contributed by atoms with E-state index in [0.717, 1.165) is 5.69 Å². The van der Waals surface area contributed by atoms with E-state index in [9.17, 15) is 9.59 Å². The number of aromatic nitrogens is 2. The lowest BCUT2D eigenvalue weighted by molar-refractivity contribution is -0.117. The summed E-state index contributed by atoms with van der Waals surface area (Å²) in [5.41, 5.74) is 7.41. The average Bonchev–Trinajstić information content (AvgIpc) is 2.83. The smallest absolute Gasteiger partial charge is 0.269 e. The largest absolute Gasteiger partial charge is 0.378 e. The topological polar surface area (TPSA) is 79.3 Å². The van der Waals surface area contributed by atoms with Crippen LogP contribution in [0.15, 0.2) is 30.3 Å². The highest BCUT2D eigenvalue weighted by atomic mass is 35.5. The summed E-state index contributed by atoms with van der Waals surface area (Å²) in [5, 5.41) is 4.59. The standard InChI is InChI=1S/C17H20ClN5O2/c1-11-14(16(18)23(4)21-11)8-9-15(24)19-20-17(25)12-6-5-7-13(10-12)22(2)3/h5-10H,1-4H3,(H,19,24)(H,20,25)/b9-8+. The molecule has 25 heavy (non-hydrogen) atoms. The number of hydrazine groups is 1. The van der Waals surface area contributed by atoms with Crippen LogP contribution in [0.25, 0.3) is 6.08 Å². The maximum Gasteiger partial charge on any atom is 0.269 e. The number of hydrogen-bond donors (Lipinski definition) is 2. The predicted molar refractivity (Wildman–Crippen MR) is 98.4 cm³/mol. The van der Waals surface area contributed by atoms with Gasteiger partial charge >= 0.3 is 0 Å². The monoisotopic (exact) mass is 361 g/mol. The van der Waals surface area contributed by atoms with E-state index in [1.165, 1.54) is 10.8 Å². The normalized spacial score (nSPS) is 10.8. The maximum absolute atomic E-state index is 12.1. The number of hydrogen-bond acceptors (Lipinski definition) is 4. The van der Waals surface area contributed by atoms with Gasteiger partial charge in [-0.05, 0) is 31.2 Å². The number of nitrogens with one attached hydrogen (secondary N) is 2. The van der Waals surface area contributed by atoms with Gasteiger partial charge in [-0.25, -0.2) is 0 Å². The zero-order valence-electron chi connectivity index (χ0n) is 14.5. The molecule has 132 valence electrons. The number of carbonyl (C=O) groups is 2. The van der Waals surface area contributed by atoms with E-state index >= 15 is 0 Å². The second kappa shape index (κ2) is 7.85. The van der Waals surface area contributed by atoms with Crippen LogP contribution in [0.1, 0.15) is 21.6 Å². The fourth-order valence-corrected chi connectivity index (χ4v) is 2.39. The van der Waals surface area contributed by atoms with Gasteiger partial charge < -0.3 is 4.90 Å². The molecule has 1 heterocycles. The molecule has 1 aromatic carbocycles. The number of nitrogens with zero attached hydrogens (tertiary/aromatic N) is 3. The first kappa shape index (κ1) is 18.5. The van der Waals surface area contributed by atoms with Crippen molar-refractivity contribution < 1.29 is 9.59 Å². The van der Waals surface area contributed by atoms with Gasteiger partial charge in [0.25, 0.3) is 11.8 Å². The van der Waals surface area contributed by atoms with Gasteiger partial charge in [-0.15, -0.1) is 0 Å². The molecule has 0 bridgehead atoms. The molecule has 2 aromatic rings. The van der Waals surface area contributed by atoms with Crippen LogP contribution in [-0.2, 0) is 11.8 Å². The Morgan fingerprint density at radius 1 is 1.28 bits per heavy atom. The van der Waals surface area contributed by atoms with Crippen LogP contribution in [0.4, 0.5) is 5.69 Å². The lowest BCUT2D eigenvalue weighted by Gasteiger charge is -2.13. The van der Waals surface area contributed by atoms with E-state index in [0.29, 0.717) is 22.0 Å². The molecule has 0 atom stereocenters. The molecule has 7 nitrogen and oxygen atoms in total. The van der Waals surface area contributed by atoms with Crippen LogP contribution in [0, 0.1) is 6.92 Å². The Labute approximate surface area is 151 Å². The van der Waals surface area contributed by atoms with Crippen molar-refractivity contribution in [1.29, 1.82) is 0 Å².